The SMILES string of the molecule is Cc1cccc(Cc2nc(N3CCC(Cc4ccccc4)CC3)ncc2C(=O)NS(=O)(=O)c2cccc(Cl)c2)c1. The summed E-state index contributed by atoms with van der Waals surface area (Å²) in [6.07, 6.45) is 4.89. The van der Waals surface area contributed by atoms with Crippen LogP contribution in [0.3, 0.4) is 0 Å². The summed E-state index contributed by atoms with van der Waals surface area (Å²) >= 11 is 5.97. The Morgan fingerprint density at radius 3 is 2.42 bits per heavy atom. The molecule has 0 aliphatic carbocycles. The fourth-order valence-electron chi connectivity index (χ4n) is 5.05. The van der Waals surface area contributed by atoms with Crippen molar-refractivity contribution in [1.29, 1.82) is 0 Å². The van der Waals surface area contributed by atoms with Crippen molar-refractivity contribution in [3.8, 4) is 0 Å². The summed E-state index contributed by atoms with van der Waals surface area (Å²) in [6.45, 7) is 3.63. The molecule has 4 aromatic rings. The van der Waals surface area contributed by atoms with Gasteiger partial charge in [0.15, 0.2) is 0 Å². The normalized spacial score (nSPS) is 14.2. The number of aromatic nitrogens is 2. The number of aryl methyl sites for hydroxylation is 1. The third-order valence-corrected chi connectivity index (χ3v) is 8.72. The van der Waals surface area contributed by atoms with Crippen molar-refractivity contribution in [2.24, 2.45) is 5.92 Å². The number of rotatable bonds is 8. The van der Waals surface area contributed by atoms with Gasteiger partial charge in [0, 0.05) is 30.7 Å². The van der Waals surface area contributed by atoms with Gasteiger partial charge in [-0.3, -0.25) is 4.79 Å². The number of piperidine rings is 1. The fraction of sp³-hybridized carbons (Fsp3) is 0.258. The molecule has 0 radical (unpaired) electrons. The van der Waals surface area contributed by atoms with Crippen molar-refractivity contribution in [2.45, 2.75) is 37.5 Å². The molecule has 2 heterocycles. The number of carbonyl (C=O) groups is 1. The predicted octanol–water partition coefficient (Wildman–Crippen LogP) is 5.61. The van der Waals surface area contributed by atoms with Crippen molar-refractivity contribution in [2.75, 3.05) is 18.0 Å². The zero-order chi connectivity index (χ0) is 28.1. The van der Waals surface area contributed by atoms with E-state index in [0.29, 0.717) is 24.0 Å². The van der Waals surface area contributed by atoms with Crippen molar-refractivity contribution in [3.05, 3.63) is 118 Å². The number of anilines is 1. The van der Waals surface area contributed by atoms with Crippen LogP contribution >= 0.6 is 11.6 Å². The first-order chi connectivity index (χ1) is 19.3. The van der Waals surface area contributed by atoms with E-state index in [1.807, 2.05) is 37.3 Å². The molecule has 1 aliphatic heterocycles. The van der Waals surface area contributed by atoms with Crippen LogP contribution < -0.4 is 9.62 Å². The molecule has 3 aromatic carbocycles. The summed E-state index contributed by atoms with van der Waals surface area (Å²) in [5.74, 6) is 0.359. The molecule has 1 aromatic heterocycles. The lowest BCUT2D eigenvalue weighted by Gasteiger charge is -2.32. The van der Waals surface area contributed by atoms with Crippen LogP contribution in [-0.4, -0.2) is 37.4 Å². The quantitative estimate of drug-likeness (QED) is 0.294. The van der Waals surface area contributed by atoms with Gasteiger partial charge in [0.1, 0.15) is 0 Å². The Morgan fingerprint density at radius 1 is 0.975 bits per heavy atom. The Balaban J connectivity index is 1.37. The molecule has 0 bridgehead atoms. The van der Waals surface area contributed by atoms with Crippen LogP contribution in [0.15, 0.2) is 90.0 Å². The second-order valence-electron chi connectivity index (χ2n) is 10.2. The van der Waals surface area contributed by atoms with Gasteiger partial charge < -0.3 is 4.90 Å². The molecule has 7 nitrogen and oxygen atoms in total. The second-order valence-corrected chi connectivity index (χ2v) is 12.3. The Morgan fingerprint density at radius 2 is 1.70 bits per heavy atom. The molecule has 206 valence electrons. The van der Waals surface area contributed by atoms with Crippen molar-refractivity contribution >= 4 is 33.5 Å². The highest BCUT2D eigenvalue weighted by atomic mass is 35.5. The van der Waals surface area contributed by atoms with Gasteiger partial charge in [0.2, 0.25) is 5.95 Å². The molecule has 1 aliphatic rings. The highest BCUT2D eigenvalue weighted by Crippen LogP contribution is 2.25. The summed E-state index contributed by atoms with van der Waals surface area (Å²) in [6, 6.07) is 24.2. The number of nitrogens with zero attached hydrogens (tertiary/aromatic N) is 3. The zero-order valence-corrected chi connectivity index (χ0v) is 23.8. The molecule has 1 N–H and O–H groups in total. The van der Waals surface area contributed by atoms with E-state index in [2.05, 4.69) is 38.9 Å². The van der Waals surface area contributed by atoms with Crippen LogP contribution in [0.4, 0.5) is 5.95 Å². The summed E-state index contributed by atoms with van der Waals surface area (Å²) in [5, 5.41) is 0.260. The number of hydrogen-bond donors (Lipinski definition) is 1. The molecule has 1 fully saturated rings. The molecule has 0 unspecified atom stereocenters. The standard InChI is InChI=1S/C31H31ClN4O3S/c1-22-7-5-10-25(17-22)19-29-28(30(37)35-40(38,39)27-12-6-11-26(32)20-27)21-33-31(34-29)36-15-13-24(14-16-36)18-23-8-3-2-4-9-23/h2-12,17,20-21,24H,13-16,18-19H2,1H3,(H,35,37). The minimum absolute atomic E-state index is 0.0931. The molecule has 0 spiro atoms. The molecule has 0 atom stereocenters. The number of carbonyl (C=O) groups excluding carboxylic acids is 1. The van der Waals surface area contributed by atoms with Gasteiger partial charge in [-0.05, 0) is 61.4 Å². The van der Waals surface area contributed by atoms with Gasteiger partial charge in [-0.25, -0.2) is 23.1 Å². The van der Waals surface area contributed by atoms with Gasteiger partial charge in [0.25, 0.3) is 15.9 Å². The summed E-state index contributed by atoms with van der Waals surface area (Å²) in [5.41, 5.74) is 4.00. The van der Waals surface area contributed by atoms with E-state index in [4.69, 9.17) is 16.6 Å². The minimum Gasteiger partial charge on any atom is -0.341 e. The van der Waals surface area contributed by atoms with Crippen LogP contribution in [0.2, 0.25) is 5.02 Å². The number of nitrogens with one attached hydrogen (secondary N) is 1. The summed E-state index contributed by atoms with van der Waals surface area (Å²) < 4.78 is 28.0. The van der Waals surface area contributed by atoms with E-state index < -0.39 is 15.9 Å². The number of halogens is 1. The van der Waals surface area contributed by atoms with Crippen LogP contribution in [0.25, 0.3) is 0 Å². The molecule has 40 heavy (non-hydrogen) atoms. The minimum atomic E-state index is -4.14. The number of sulfonamides is 1. The second kappa shape index (κ2) is 12.2. The Bertz CT molecular complexity index is 1600. The van der Waals surface area contributed by atoms with E-state index in [9.17, 15) is 13.2 Å². The zero-order valence-electron chi connectivity index (χ0n) is 22.3. The lowest BCUT2D eigenvalue weighted by molar-refractivity contribution is 0.0980. The first-order valence-electron chi connectivity index (χ1n) is 13.3. The third-order valence-electron chi connectivity index (χ3n) is 7.15. The van der Waals surface area contributed by atoms with E-state index in [0.717, 1.165) is 43.5 Å². The Labute approximate surface area is 240 Å². The summed E-state index contributed by atoms with van der Waals surface area (Å²) in [4.78, 5) is 24.6. The number of amides is 1. The maximum atomic E-state index is 13.3. The van der Waals surface area contributed by atoms with Crippen LogP contribution in [0.1, 0.15) is 45.6 Å². The molecule has 9 heteroatoms. The first kappa shape index (κ1) is 27.8. The predicted molar refractivity (Wildman–Crippen MR) is 157 cm³/mol. The average Bonchev–Trinajstić information content (AvgIpc) is 2.94. The lowest BCUT2D eigenvalue weighted by atomic mass is 9.90. The molecular weight excluding hydrogens is 544 g/mol. The maximum Gasteiger partial charge on any atom is 0.268 e. The summed E-state index contributed by atoms with van der Waals surface area (Å²) in [7, 11) is -4.14. The van der Waals surface area contributed by atoms with E-state index in [-0.39, 0.29) is 15.5 Å². The van der Waals surface area contributed by atoms with E-state index in [1.54, 1.807) is 6.07 Å². The molecular formula is C31H31ClN4O3S. The number of benzene rings is 3. The van der Waals surface area contributed by atoms with E-state index in [1.165, 1.54) is 30.0 Å². The molecule has 0 saturated carbocycles. The van der Waals surface area contributed by atoms with Crippen LogP contribution in [-0.2, 0) is 22.9 Å². The van der Waals surface area contributed by atoms with Gasteiger partial charge >= 0.3 is 0 Å². The van der Waals surface area contributed by atoms with Crippen molar-refractivity contribution < 1.29 is 13.2 Å². The third kappa shape index (κ3) is 6.87. The van der Waals surface area contributed by atoms with Crippen LogP contribution in [0.5, 0.6) is 0 Å². The topological polar surface area (TPSA) is 92.3 Å². The van der Waals surface area contributed by atoms with Crippen molar-refractivity contribution in [3.63, 3.8) is 0 Å². The van der Waals surface area contributed by atoms with E-state index >= 15 is 0 Å². The maximum absolute atomic E-state index is 13.3. The molecule has 1 saturated heterocycles. The fourth-order valence-corrected chi connectivity index (χ4v) is 6.32. The van der Waals surface area contributed by atoms with Gasteiger partial charge in [-0.2, -0.15) is 0 Å². The monoisotopic (exact) mass is 574 g/mol. The smallest absolute Gasteiger partial charge is 0.268 e. The van der Waals surface area contributed by atoms with Gasteiger partial charge in [-0.1, -0.05) is 77.8 Å². The largest absolute Gasteiger partial charge is 0.341 e. The van der Waals surface area contributed by atoms with Crippen LogP contribution in [0, 0.1) is 12.8 Å². The molecule has 1 amide bonds. The average molecular weight is 575 g/mol. The Hall–Kier alpha value is -3.75. The van der Waals surface area contributed by atoms with Gasteiger partial charge in [0.05, 0.1) is 16.2 Å². The molecule has 5 rings (SSSR count). The first-order valence-corrected chi connectivity index (χ1v) is 15.2. The highest BCUT2D eigenvalue weighted by molar-refractivity contribution is 7.90. The Kier molecular flexibility index (Phi) is 8.47. The number of hydrogen-bond acceptors (Lipinski definition) is 6. The lowest BCUT2D eigenvalue weighted by Crippen LogP contribution is -2.36. The van der Waals surface area contributed by atoms with Gasteiger partial charge in [-0.15, -0.1) is 0 Å². The van der Waals surface area contributed by atoms with Crippen molar-refractivity contribution in [1.82, 2.24) is 14.7 Å². The highest BCUT2D eigenvalue weighted by Gasteiger charge is 2.25.